The van der Waals surface area contributed by atoms with Crippen LogP contribution in [0.3, 0.4) is 0 Å². The molecule has 0 saturated heterocycles. The van der Waals surface area contributed by atoms with E-state index in [1.807, 2.05) is 6.07 Å². The zero-order valence-corrected chi connectivity index (χ0v) is 10.3. The van der Waals surface area contributed by atoms with Gasteiger partial charge < -0.3 is 4.42 Å². The lowest BCUT2D eigenvalue weighted by atomic mass is 9.89. The molecule has 2 rings (SSSR count). The second-order valence-electron chi connectivity index (χ2n) is 3.85. The molecule has 76 valence electrons. The molecule has 0 spiro atoms. The quantitative estimate of drug-likeness (QED) is 0.690. The maximum atomic E-state index is 6.14. The standard InChI is InChI=1S/C11H12BrClO/c1-7-4-8(6-9(13)5-7)11-10(12)2-3-14-11/h2-3,6-7,9H,4-5H2,1H3. The van der Waals surface area contributed by atoms with Crippen LogP contribution in [-0.2, 0) is 0 Å². The third-order valence-electron chi connectivity index (χ3n) is 2.49. The molecule has 2 atom stereocenters. The summed E-state index contributed by atoms with van der Waals surface area (Å²) >= 11 is 9.61. The van der Waals surface area contributed by atoms with Crippen LogP contribution in [-0.4, -0.2) is 5.38 Å². The molecule has 3 heteroatoms. The first-order valence-corrected chi connectivity index (χ1v) is 5.98. The van der Waals surface area contributed by atoms with Gasteiger partial charge in [-0.3, -0.25) is 0 Å². The Hall–Kier alpha value is -0.210. The van der Waals surface area contributed by atoms with Crippen LogP contribution in [0.4, 0.5) is 0 Å². The van der Waals surface area contributed by atoms with E-state index >= 15 is 0 Å². The largest absolute Gasteiger partial charge is 0.463 e. The topological polar surface area (TPSA) is 13.1 Å². The molecular formula is C11H12BrClO. The first-order valence-electron chi connectivity index (χ1n) is 4.75. The molecule has 2 unspecified atom stereocenters. The first kappa shape index (κ1) is 10.3. The molecule has 1 heterocycles. The van der Waals surface area contributed by atoms with Crippen LogP contribution in [0.2, 0.25) is 0 Å². The third-order valence-corrected chi connectivity index (χ3v) is 3.42. The highest BCUT2D eigenvalue weighted by Gasteiger charge is 2.21. The molecule has 0 N–H and O–H groups in total. The average molecular weight is 276 g/mol. The third kappa shape index (κ3) is 2.06. The van der Waals surface area contributed by atoms with Crippen LogP contribution >= 0.6 is 27.5 Å². The van der Waals surface area contributed by atoms with E-state index in [9.17, 15) is 0 Å². The van der Waals surface area contributed by atoms with Crippen molar-refractivity contribution < 1.29 is 4.42 Å². The van der Waals surface area contributed by atoms with Gasteiger partial charge in [-0.25, -0.2) is 0 Å². The van der Waals surface area contributed by atoms with Crippen LogP contribution in [0.15, 0.2) is 27.3 Å². The number of allylic oxidation sites excluding steroid dienone is 2. The number of rotatable bonds is 1. The summed E-state index contributed by atoms with van der Waals surface area (Å²) in [6, 6.07) is 1.92. The molecule has 1 aromatic rings. The summed E-state index contributed by atoms with van der Waals surface area (Å²) < 4.78 is 6.44. The van der Waals surface area contributed by atoms with Gasteiger partial charge in [-0.15, -0.1) is 11.6 Å². The zero-order chi connectivity index (χ0) is 10.1. The fourth-order valence-electron chi connectivity index (χ4n) is 1.89. The van der Waals surface area contributed by atoms with Gasteiger partial charge in [0.15, 0.2) is 0 Å². The molecule has 1 nitrogen and oxygen atoms in total. The van der Waals surface area contributed by atoms with Crippen molar-refractivity contribution in [3.63, 3.8) is 0 Å². The van der Waals surface area contributed by atoms with Crippen LogP contribution in [0.5, 0.6) is 0 Å². The lowest BCUT2D eigenvalue weighted by molar-refractivity contribution is 0.509. The Kier molecular flexibility index (Phi) is 3.03. The van der Waals surface area contributed by atoms with Crippen LogP contribution < -0.4 is 0 Å². The van der Waals surface area contributed by atoms with E-state index in [4.69, 9.17) is 16.0 Å². The summed E-state index contributed by atoms with van der Waals surface area (Å²) in [5.41, 5.74) is 1.22. The molecule has 0 aliphatic heterocycles. The van der Waals surface area contributed by atoms with Gasteiger partial charge >= 0.3 is 0 Å². The molecule has 14 heavy (non-hydrogen) atoms. The smallest absolute Gasteiger partial charge is 0.143 e. The molecular weight excluding hydrogens is 263 g/mol. The van der Waals surface area contributed by atoms with Crippen molar-refractivity contribution in [3.05, 3.63) is 28.6 Å². The second kappa shape index (κ2) is 4.11. The van der Waals surface area contributed by atoms with Gasteiger partial charge in [-0.1, -0.05) is 13.0 Å². The summed E-state index contributed by atoms with van der Waals surface area (Å²) in [7, 11) is 0. The second-order valence-corrected chi connectivity index (χ2v) is 5.27. The summed E-state index contributed by atoms with van der Waals surface area (Å²) in [4.78, 5) is 0. The summed E-state index contributed by atoms with van der Waals surface area (Å²) in [5, 5.41) is 0.144. The van der Waals surface area contributed by atoms with Crippen LogP contribution in [0.1, 0.15) is 25.5 Å². The molecule has 0 aromatic carbocycles. The molecule has 1 aromatic heterocycles. The minimum atomic E-state index is 0.144. The maximum absolute atomic E-state index is 6.14. The number of halogens is 2. The fourth-order valence-corrected chi connectivity index (χ4v) is 2.80. The number of furan rings is 1. The Labute approximate surface area is 97.3 Å². The lowest BCUT2D eigenvalue weighted by Crippen LogP contribution is -2.11. The predicted octanol–water partition coefficient (Wildman–Crippen LogP) is 4.46. The number of alkyl halides is 1. The highest BCUT2D eigenvalue weighted by molar-refractivity contribution is 9.10. The molecule has 0 saturated carbocycles. The first-order chi connectivity index (χ1) is 6.66. The van der Waals surface area contributed by atoms with Gasteiger partial charge in [0.1, 0.15) is 5.76 Å². The molecule has 1 aliphatic rings. The molecule has 0 fully saturated rings. The Bertz CT molecular complexity index is 356. The van der Waals surface area contributed by atoms with E-state index in [0.717, 1.165) is 23.1 Å². The maximum Gasteiger partial charge on any atom is 0.143 e. The highest BCUT2D eigenvalue weighted by atomic mass is 79.9. The molecule has 0 radical (unpaired) electrons. The van der Waals surface area contributed by atoms with Crippen LogP contribution in [0, 0.1) is 5.92 Å². The minimum absolute atomic E-state index is 0.144. The Morgan fingerprint density at radius 3 is 2.93 bits per heavy atom. The predicted molar refractivity (Wildman–Crippen MR) is 62.4 cm³/mol. The minimum Gasteiger partial charge on any atom is -0.463 e. The SMILES string of the molecule is CC1CC(c2occc2Br)=CC(Cl)C1. The van der Waals surface area contributed by atoms with Gasteiger partial charge in [0.25, 0.3) is 0 Å². The van der Waals surface area contributed by atoms with Crippen molar-refractivity contribution in [2.75, 3.05) is 0 Å². The number of hydrogen-bond acceptors (Lipinski definition) is 1. The van der Waals surface area contributed by atoms with Crippen molar-refractivity contribution in [2.45, 2.75) is 25.1 Å². The van der Waals surface area contributed by atoms with E-state index in [-0.39, 0.29) is 5.38 Å². The Balaban J connectivity index is 2.30. The zero-order valence-electron chi connectivity index (χ0n) is 7.97. The van der Waals surface area contributed by atoms with Gasteiger partial charge in [-0.2, -0.15) is 0 Å². The summed E-state index contributed by atoms with van der Waals surface area (Å²) in [5.74, 6) is 1.57. The van der Waals surface area contributed by atoms with E-state index in [1.165, 1.54) is 5.57 Å². The molecule has 0 bridgehead atoms. The van der Waals surface area contributed by atoms with Gasteiger partial charge in [-0.05, 0) is 46.3 Å². The summed E-state index contributed by atoms with van der Waals surface area (Å²) in [6.45, 7) is 2.22. The van der Waals surface area contributed by atoms with Crippen molar-refractivity contribution in [1.82, 2.24) is 0 Å². The van der Waals surface area contributed by atoms with Gasteiger partial charge in [0, 0.05) is 0 Å². The number of hydrogen-bond donors (Lipinski definition) is 0. The molecule has 0 amide bonds. The van der Waals surface area contributed by atoms with Crippen molar-refractivity contribution in [1.29, 1.82) is 0 Å². The van der Waals surface area contributed by atoms with E-state index < -0.39 is 0 Å². The van der Waals surface area contributed by atoms with Crippen molar-refractivity contribution in [2.24, 2.45) is 5.92 Å². The highest BCUT2D eigenvalue weighted by Crippen LogP contribution is 2.36. The van der Waals surface area contributed by atoms with Gasteiger partial charge in [0.2, 0.25) is 0 Å². The molecule has 1 aliphatic carbocycles. The van der Waals surface area contributed by atoms with Gasteiger partial charge in [0.05, 0.1) is 16.1 Å². The average Bonchev–Trinajstić information content (AvgIpc) is 2.49. The van der Waals surface area contributed by atoms with Crippen LogP contribution in [0.25, 0.3) is 5.57 Å². The lowest BCUT2D eigenvalue weighted by Gasteiger charge is -2.21. The Morgan fingerprint density at radius 1 is 1.57 bits per heavy atom. The van der Waals surface area contributed by atoms with E-state index in [2.05, 4.69) is 28.9 Å². The van der Waals surface area contributed by atoms with E-state index in [1.54, 1.807) is 6.26 Å². The fraction of sp³-hybridized carbons (Fsp3) is 0.455. The van der Waals surface area contributed by atoms with Crippen molar-refractivity contribution >= 4 is 33.1 Å². The monoisotopic (exact) mass is 274 g/mol. The van der Waals surface area contributed by atoms with Crippen molar-refractivity contribution in [3.8, 4) is 0 Å². The normalized spacial score (nSPS) is 27.5. The summed E-state index contributed by atoms with van der Waals surface area (Å²) in [6.07, 6.45) is 5.91. The Morgan fingerprint density at radius 2 is 2.36 bits per heavy atom. The van der Waals surface area contributed by atoms with E-state index in [0.29, 0.717) is 5.92 Å².